The van der Waals surface area contributed by atoms with Gasteiger partial charge in [0.05, 0.1) is 5.39 Å². The van der Waals surface area contributed by atoms with Gasteiger partial charge in [-0.05, 0) is 37.8 Å². The highest BCUT2D eigenvalue weighted by Crippen LogP contribution is 2.37. The molecule has 1 unspecified atom stereocenters. The van der Waals surface area contributed by atoms with Crippen LogP contribution in [0.25, 0.3) is 11.0 Å². The van der Waals surface area contributed by atoms with Crippen molar-refractivity contribution in [1.29, 1.82) is 0 Å². The smallest absolute Gasteiger partial charge is 0.341 e. The number of aromatic nitrogens is 2. The van der Waals surface area contributed by atoms with Gasteiger partial charge in [-0.2, -0.15) is 0 Å². The van der Waals surface area contributed by atoms with E-state index in [1.54, 1.807) is 4.57 Å². The maximum Gasteiger partial charge on any atom is 0.341 e. The number of halogens is 2. The van der Waals surface area contributed by atoms with E-state index in [-0.39, 0.29) is 35.2 Å². The van der Waals surface area contributed by atoms with Crippen molar-refractivity contribution in [1.82, 2.24) is 9.55 Å². The molecule has 140 valence electrons. The largest absolute Gasteiger partial charge is 0.477 e. The van der Waals surface area contributed by atoms with E-state index in [1.165, 1.54) is 6.20 Å². The number of anilines is 1. The maximum absolute atomic E-state index is 14.6. The summed E-state index contributed by atoms with van der Waals surface area (Å²) >= 11 is 0. The standard InChI is InChI=1S/C17H19FN4O3.ClH/c18-13-5-11-14(23)12(17(24)25)8-22(10-1-2-10)15(11)20-16(13)21-4-3-9(6-19)7-21;/h5,8-10H,1-4,6-7,19H2,(H,24,25);1H. The lowest BCUT2D eigenvalue weighted by atomic mass is 10.1. The van der Waals surface area contributed by atoms with Crippen molar-refractivity contribution >= 4 is 35.2 Å². The minimum absolute atomic E-state index is 0. The molecule has 2 aromatic heterocycles. The number of hydrogen-bond donors (Lipinski definition) is 2. The molecule has 3 heterocycles. The van der Waals surface area contributed by atoms with Crippen LogP contribution in [0.2, 0.25) is 0 Å². The van der Waals surface area contributed by atoms with Crippen LogP contribution in [-0.4, -0.2) is 40.3 Å². The molecule has 2 aromatic rings. The first kappa shape index (κ1) is 18.6. The molecule has 0 bridgehead atoms. The molecule has 1 saturated carbocycles. The van der Waals surface area contributed by atoms with Gasteiger partial charge in [0.25, 0.3) is 0 Å². The van der Waals surface area contributed by atoms with Crippen LogP contribution in [0.5, 0.6) is 0 Å². The topological polar surface area (TPSA) is 101 Å². The fourth-order valence-corrected chi connectivity index (χ4v) is 3.46. The summed E-state index contributed by atoms with van der Waals surface area (Å²) in [5, 5.41) is 9.27. The van der Waals surface area contributed by atoms with Crippen molar-refractivity contribution in [2.24, 2.45) is 11.7 Å². The number of pyridine rings is 2. The first-order valence-electron chi connectivity index (χ1n) is 8.43. The van der Waals surface area contributed by atoms with Crippen molar-refractivity contribution in [3.8, 4) is 0 Å². The minimum atomic E-state index is -1.31. The summed E-state index contributed by atoms with van der Waals surface area (Å²) in [4.78, 5) is 30.0. The van der Waals surface area contributed by atoms with E-state index in [9.17, 15) is 19.1 Å². The van der Waals surface area contributed by atoms with E-state index in [0.29, 0.717) is 31.2 Å². The number of fused-ring (bicyclic) bond motifs is 1. The maximum atomic E-state index is 14.6. The summed E-state index contributed by atoms with van der Waals surface area (Å²) in [5.74, 6) is -1.40. The minimum Gasteiger partial charge on any atom is -0.477 e. The molecule has 1 aliphatic carbocycles. The summed E-state index contributed by atoms with van der Waals surface area (Å²) in [6.45, 7) is 1.84. The molecule has 9 heteroatoms. The third-order valence-electron chi connectivity index (χ3n) is 5.03. The molecule has 1 saturated heterocycles. The summed E-state index contributed by atoms with van der Waals surface area (Å²) in [7, 11) is 0. The molecule has 1 aliphatic heterocycles. The Balaban J connectivity index is 0.00000196. The van der Waals surface area contributed by atoms with E-state index >= 15 is 0 Å². The zero-order chi connectivity index (χ0) is 17.7. The Labute approximate surface area is 155 Å². The SMILES string of the molecule is Cl.NCC1CCN(c2nc3c(cc2F)c(=O)c(C(=O)O)cn3C2CC2)C1. The number of nitrogens with zero attached hydrogens (tertiary/aromatic N) is 3. The Morgan fingerprint density at radius 1 is 1.38 bits per heavy atom. The van der Waals surface area contributed by atoms with Crippen LogP contribution >= 0.6 is 12.4 Å². The second-order valence-electron chi connectivity index (χ2n) is 6.82. The lowest BCUT2D eigenvalue weighted by Crippen LogP contribution is -2.26. The highest BCUT2D eigenvalue weighted by atomic mass is 35.5. The number of aromatic carboxylic acids is 1. The second kappa shape index (κ2) is 6.85. The van der Waals surface area contributed by atoms with Crippen molar-refractivity contribution in [3.05, 3.63) is 33.9 Å². The van der Waals surface area contributed by atoms with Crippen LogP contribution in [0.3, 0.4) is 0 Å². The van der Waals surface area contributed by atoms with Gasteiger partial charge in [-0.15, -0.1) is 12.4 Å². The Kier molecular flexibility index (Phi) is 4.90. The molecule has 0 amide bonds. The Bertz CT molecular complexity index is 928. The molecule has 2 aliphatic rings. The van der Waals surface area contributed by atoms with Gasteiger partial charge in [0, 0.05) is 25.3 Å². The van der Waals surface area contributed by atoms with E-state index in [1.807, 2.05) is 4.90 Å². The molecular formula is C17H20ClFN4O3. The highest BCUT2D eigenvalue weighted by Gasteiger charge is 2.30. The fraction of sp³-hybridized carbons (Fsp3) is 0.471. The molecule has 7 nitrogen and oxygen atoms in total. The molecule has 26 heavy (non-hydrogen) atoms. The molecule has 4 rings (SSSR count). The zero-order valence-corrected chi connectivity index (χ0v) is 14.8. The first-order valence-corrected chi connectivity index (χ1v) is 8.43. The Morgan fingerprint density at radius 2 is 2.12 bits per heavy atom. The lowest BCUT2D eigenvalue weighted by molar-refractivity contribution is 0.0695. The molecule has 0 aromatic carbocycles. The predicted molar refractivity (Wildman–Crippen MR) is 97.8 cm³/mol. The molecular weight excluding hydrogens is 363 g/mol. The molecule has 1 atom stereocenters. The third-order valence-corrected chi connectivity index (χ3v) is 5.03. The summed E-state index contributed by atoms with van der Waals surface area (Å²) in [5.41, 5.74) is 5.00. The summed E-state index contributed by atoms with van der Waals surface area (Å²) in [6.07, 6.45) is 4.00. The molecule has 2 fully saturated rings. The number of carboxylic acids is 1. The number of carboxylic acid groups (broad SMARTS) is 1. The van der Waals surface area contributed by atoms with Gasteiger partial charge in [-0.3, -0.25) is 4.79 Å². The summed E-state index contributed by atoms with van der Waals surface area (Å²) < 4.78 is 16.3. The third kappa shape index (κ3) is 3.03. The van der Waals surface area contributed by atoms with Crippen LogP contribution in [0.15, 0.2) is 17.1 Å². The zero-order valence-electron chi connectivity index (χ0n) is 14.0. The monoisotopic (exact) mass is 382 g/mol. The van der Waals surface area contributed by atoms with Crippen LogP contribution < -0.4 is 16.1 Å². The number of nitrogens with two attached hydrogens (primary N) is 1. The van der Waals surface area contributed by atoms with Gasteiger partial charge in [-0.1, -0.05) is 0 Å². The normalized spacial score (nSPS) is 19.6. The van der Waals surface area contributed by atoms with Gasteiger partial charge in [0.2, 0.25) is 5.43 Å². The predicted octanol–water partition coefficient (Wildman–Crippen LogP) is 1.78. The Hall–Kier alpha value is -2.19. The lowest BCUT2D eigenvalue weighted by Gasteiger charge is -2.20. The van der Waals surface area contributed by atoms with E-state index in [2.05, 4.69) is 4.98 Å². The number of rotatable bonds is 4. The van der Waals surface area contributed by atoms with Crippen LogP contribution in [0, 0.1) is 11.7 Å². The average molecular weight is 383 g/mol. The quantitative estimate of drug-likeness (QED) is 0.835. The highest BCUT2D eigenvalue weighted by molar-refractivity contribution is 5.92. The van der Waals surface area contributed by atoms with E-state index in [0.717, 1.165) is 25.3 Å². The molecule has 0 spiro atoms. The average Bonchev–Trinajstić information content (AvgIpc) is 3.31. The van der Waals surface area contributed by atoms with Crippen LogP contribution in [-0.2, 0) is 0 Å². The van der Waals surface area contributed by atoms with E-state index < -0.39 is 17.2 Å². The number of carbonyl (C=O) groups is 1. The van der Waals surface area contributed by atoms with Gasteiger partial charge in [0.1, 0.15) is 11.2 Å². The van der Waals surface area contributed by atoms with Crippen molar-refractivity contribution < 1.29 is 14.3 Å². The molecule has 3 N–H and O–H groups in total. The van der Waals surface area contributed by atoms with Crippen molar-refractivity contribution in [2.45, 2.75) is 25.3 Å². The van der Waals surface area contributed by atoms with Gasteiger partial charge < -0.3 is 20.3 Å². The Morgan fingerprint density at radius 3 is 2.69 bits per heavy atom. The van der Waals surface area contributed by atoms with Crippen molar-refractivity contribution in [2.75, 3.05) is 24.5 Å². The van der Waals surface area contributed by atoms with Crippen molar-refractivity contribution in [3.63, 3.8) is 0 Å². The van der Waals surface area contributed by atoms with Crippen LogP contribution in [0.4, 0.5) is 10.2 Å². The van der Waals surface area contributed by atoms with E-state index in [4.69, 9.17) is 5.73 Å². The summed E-state index contributed by atoms with van der Waals surface area (Å²) in [6, 6.07) is 1.24. The fourth-order valence-electron chi connectivity index (χ4n) is 3.46. The molecule has 0 radical (unpaired) electrons. The van der Waals surface area contributed by atoms with Gasteiger partial charge >= 0.3 is 5.97 Å². The van der Waals surface area contributed by atoms with Gasteiger partial charge in [-0.25, -0.2) is 14.2 Å². The first-order chi connectivity index (χ1) is 12.0. The van der Waals surface area contributed by atoms with Crippen LogP contribution in [0.1, 0.15) is 35.7 Å². The second-order valence-corrected chi connectivity index (χ2v) is 6.82. The number of hydrogen-bond acceptors (Lipinski definition) is 5. The van der Waals surface area contributed by atoms with Gasteiger partial charge in [0.15, 0.2) is 11.6 Å².